The summed E-state index contributed by atoms with van der Waals surface area (Å²) < 4.78 is 15.8. The second kappa shape index (κ2) is 12.9. The average Bonchev–Trinajstić information content (AvgIpc) is 2.62. The third-order valence-electron chi connectivity index (χ3n) is 3.85. The van der Waals surface area contributed by atoms with Gasteiger partial charge in [0, 0.05) is 5.57 Å². The normalized spacial score (nSPS) is 22.4. The highest BCUT2D eigenvalue weighted by atomic mass is 16.9. The maximum Gasteiger partial charge on any atom is 0.333 e. The van der Waals surface area contributed by atoms with Crippen molar-refractivity contribution in [1.82, 2.24) is 0 Å². The van der Waals surface area contributed by atoms with Crippen molar-refractivity contribution in [2.24, 2.45) is 0 Å². The lowest BCUT2D eigenvalue weighted by atomic mass is 10.2. The Balaban J connectivity index is 2.48. The Morgan fingerprint density at radius 2 is 1.39 bits per heavy atom. The van der Waals surface area contributed by atoms with Gasteiger partial charge >= 0.3 is 5.97 Å². The van der Waals surface area contributed by atoms with E-state index in [0.29, 0.717) is 12.2 Å². The predicted octanol–water partition coefficient (Wildman–Crippen LogP) is 5.72. The van der Waals surface area contributed by atoms with Gasteiger partial charge in [-0.05, 0) is 47.1 Å². The van der Waals surface area contributed by atoms with Gasteiger partial charge in [0.05, 0.1) is 6.61 Å². The summed E-state index contributed by atoms with van der Waals surface area (Å²) in [5, 5.41) is 0. The molecule has 0 atom stereocenters. The van der Waals surface area contributed by atoms with Crippen molar-refractivity contribution in [2.75, 3.05) is 6.61 Å². The second-order valence-electron chi connectivity index (χ2n) is 6.58. The van der Waals surface area contributed by atoms with Gasteiger partial charge in [-0.15, -0.1) is 0 Å². The van der Waals surface area contributed by atoms with Crippen LogP contribution in [0.1, 0.15) is 41.5 Å². The van der Waals surface area contributed by atoms with Gasteiger partial charge in [0.15, 0.2) is 12.6 Å². The first-order valence-corrected chi connectivity index (χ1v) is 9.53. The minimum Gasteiger partial charge on any atom is -0.463 e. The fourth-order valence-electron chi connectivity index (χ4n) is 2.19. The predicted molar refractivity (Wildman–Crippen MR) is 115 cm³/mol. The van der Waals surface area contributed by atoms with Crippen LogP contribution in [0.3, 0.4) is 0 Å². The van der Waals surface area contributed by atoms with Gasteiger partial charge < -0.3 is 14.2 Å². The summed E-state index contributed by atoms with van der Waals surface area (Å²) in [6, 6.07) is 0. The quantitative estimate of drug-likeness (QED) is 0.290. The molecule has 4 nitrogen and oxygen atoms in total. The SMILES string of the molecule is CCOC(=O)/C(C)=C/C=C/C(C)=C/C=C/C=C(C)/C=C/C=C(\C)C1OC(C)O1. The summed E-state index contributed by atoms with van der Waals surface area (Å²) in [7, 11) is 0. The monoisotopic (exact) mass is 384 g/mol. The van der Waals surface area contributed by atoms with Crippen molar-refractivity contribution in [3.63, 3.8) is 0 Å². The third-order valence-corrected chi connectivity index (χ3v) is 3.85. The first-order valence-electron chi connectivity index (χ1n) is 9.53. The number of hydrogen-bond donors (Lipinski definition) is 0. The molecule has 0 bridgehead atoms. The van der Waals surface area contributed by atoms with Gasteiger partial charge in [-0.1, -0.05) is 71.9 Å². The Hall–Kier alpha value is -2.43. The number of carbonyl (C=O) groups is 1. The van der Waals surface area contributed by atoms with Crippen LogP contribution in [0.15, 0.2) is 83.1 Å². The van der Waals surface area contributed by atoms with Crippen LogP contribution >= 0.6 is 0 Å². The smallest absolute Gasteiger partial charge is 0.333 e. The van der Waals surface area contributed by atoms with Crippen LogP contribution < -0.4 is 0 Å². The first-order chi connectivity index (χ1) is 13.3. The van der Waals surface area contributed by atoms with Gasteiger partial charge in [0.25, 0.3) is 0 Å². The van der Waals surface area contributed by atoms with E-state index in [1.54, 1.807) is 19.9 Å². The Kier molecular flexibility index (Phi) is 10.8. The molecule has 0 aromatic rings. The lowest BCUT2D eigenvalue weighted by Crippen LogP contribution is -2.39. The Morgan fingerprint density at radius 1 is 0.857 bits per heavy atom. The number of rotatable bonds is 9. The van der Waals surface area contributed by atoms with Crippen LogP contribution in [-0.2, 0) is 19.0 Å². The van der Waals surface area contributed by atoms with Crippen molar-refractivity contribution >= 4 is 5.97 Å². The zero-order chi connectivity index (χ0) is 20.9. The molecule has 0 saturated carbocycles. The van der Waals surface area contributed by atoms with Gasteiger partial charge in [-0.2, -0.15) is 0 Å². The highest BCUT2D eigenvalue weighted by Gasteiger charge is 2.27. The summed E-state index contributed by atoms with van der Waals surface area (Å²) in [4.78, 5) is 11.5. The fraction of sp³-hybridized carbons (Fsp3) is 0.375. The van der Waals surface area contributed by atoms with Crippen molar-refractivity contribution < 1.29 is 19.0 Å². The largest absolute Gasteiger partial charge is 0.463 e. The minimum absolute atomic E-state index is 0.104. The Bertz CT molecular complexity index is 724. The zero-order valence-electron chi connectivity index (χ0n) is 17.8. The summed E-state index contributed by atoms with van der Waals surface area (Å²) in [6.07, 6.45) is 19.3. The summed E-state index contributed by atoms with van der Waals surface area (Å²) >= 11 is 0. The average molecular weight is 385 g/mol. The first kappa shape index (κ1) is 23.6. The highest BCUT2D eigenvalue weighted by Crippen LogP contribution is 2.22. The molecule has 0 spiro atoms. The molecule has 1 heterocycles. The van der Waals surface area contributed by atoms with Crippen LogP contribution in [0, 0.1) is 0 Å². The molecule has 1 rings (SSSR count). The van der Waals surface area contributed by atoms with Gasteiger partial charge in [-0.25, -0.2) is 4.79 Å². The van der Waals surface area contributed by atoms with Crippen molar-refractivity contribution in [3.8, 4) is 0 Å². The van der Waals surface area contributed by atoms with E-state index < -0.39 is 0 Å². The van der Waals surface area contributed by atoms with E-state index in [4.69, 9.17) is 14.2 Å². The topological polar surface area (TPSA) is 44.8 Å². The fourth-order valence-corrected chi connectivity index (χ4v) is 2.19. The summed E-state index contributed by atoms with van der Waals surface area (Å²) in [6.45, 7) is 11.8. The molecule has 0 aromatic carbocycles. The molecule has 28 heavy (non-hydrogen) atoms. The number of esters is 1. The number of ether oxygens (including phenoxy) is 3. The molecule has 0 radical (unpaired) electrons. The standard InChI is InChI=1S/C24H32O4/c1-7-26-23(25)20(4)16-10-14-18(2)12-8-9-13-19(3)15-11-17-21(5)24-27-22(6)28-24/h8-17,22,24H,7H2,1-6H3/b9-8+,14-10+,15-11+,18-12+,19-13+,20-16+,21-17+. The van der Waals surface area contributed by atoms with E-state index >= 15 is 0 Å². The van der Waals surface area contributed by atoms with Crippen LogP contribution in [0.4, 0.5) is 0 Å². The van der Waals surface area contributed by atoms with Crippen LogP contribution in [0.25, 0.3) is 0 Å². The molecule has 0 aliphatic carbocycles. The van der Waals surface area contributed by atoms with Gasteiger partial charge in [0.2, 0.25) is 0 Å². The highest BCUT2D eigenvalue weighted by molar-refractivity contribution is 5.88. The number of carbonyl (C=O) groups excluding carboxylic acids is 1. The molecular weight excluding hydrogens is 352 g/mol. The van der Waals surface area contributed by atoms with E-state index in [2.05, 4.69) is 0 Å². The van der Waals surface area contributed by atoms with E-state index in [-0.39, 0.29) is 18.5 Å². The second-order valence-corrected chi connectivity index (χ2v) is 6.58. The van der Waals surface area contributed by atoms with E-state index in [1.165, 1.54) is 0 Å². The lowest BCUT2D eigenvalue weighted by molar-refractivity contribution is -0.359. The molecular formula is C24H32O4. The van der Waals surface area contributed by atoms with Gasteiger partial charge in [0.1, 0.15) is 0 Å². The van der Waals surface area contributed by atoms with Crippen LogP contribution in [-0.4, -0.2) is 25.2 Å². The Labute approximate surface area is 169 Å². The van der Waals surface area contributed by atoms with E-state index in [1.807, 2.05) is 82.4 Å². The molecule has 1 aliphatic rings. The third kappa shape index (κ3) is 9.49. The maximum atomic E-state index is 11.5. The maximum absolute atomic E-state index is 11.5. The lowest BCUT2D eigenvalue weighted by Gasteiger charge is -2.34. The molecule has 0 amide bonds. The molecule has 0 N–H and O–H groups in total. The molecule has 152 valence electrons. The number of hydrogen-bond acceptors (Lipinski definition) is 4. The molecule has 1 aliphatic heterocycles. The van der Waals surface area contributed by atoms with E-state index in [0.717, 1.165) is 16.7 Å². The Morgan fingerprint density at radius 3 is 1.89 bits per heavy atom. The number of allylic oxidation sites excluding steroid dienone is 12. The zero-order valence-corrected chi connectivity index (χ0v) is 17.8. The van der Waals surface area contributed by atoms with Crippen LogP contribution in [0.2, 0.25) is 0 Å². The minimum atomic E-state index is -0.283. The molecule has 0 unspecified atom stereocenters. The molecule has 1 saturated heterocycles. The van der Waals surface area contributed by atoms with Crippen molar-refractivity contribution in [1.29, 1.82) is 0 Å². The van der Waals surface area contributed by atoms with Crippen LogP contribution in [0.5, 0.6) is 0 Å². The molecule has 4 heteroatoms. The summed E-state index contributed by atoms with van der Waals surface area (Å²) in [5.74, 6) is -0.283. The van der Waals surface area contributed by atoms with Crippen molar-refractivity contribution in [3.05, 3.63) is 83.1 Å². The van der Waals surface area contributed by atoms with Crippen molar-refractivity contribution in [2.45, 2.75) is 54.1 Å². The summed E-state index contributed by atoms with van der Waals surface area (Å²) in [5.41, 5.74) is 3.86. The molecule has 0 aromatic heterocycles. The molecule has 1 fully saturated rings. The van der Waals surface area contributed by atoms with Gasteiger partial charge in [-0.3, -0.25) is 0 Å². The van der Waals surface area contributed by atoms with E-state index in [9.17, 15) is 4.79 Å².